The van der Waals surface area contributed by atoms with E-state index in [0.29, 0.717) is 11.8 Å². The van der Waals surface area contributed by atoms with Gasteiger partial charge in [-0.2, -0.15) is 0 Å². The van der Waals surface area contributed by atoms with E-state index in [1.165, 1.54) is 12.8 Å². The van der Waals surface area contributed by atoms with E-state index in [2.05, 4.69) is 31.0 Å². The number of rotatable bonds is 0. The fourth-order valence-electron chi connectivity index (χ4n) is 1.25. The topological polar surface area (TPSA) is 12.0 Å². The Hall–Kier alpha value is -0.480. The van der Waals surface area contributed by atoms with Crippen molar-refractivity contribution in [3.63, 3.8) is 0 Å². The van der Waals surface area contributed by atoms with Crippen molar-refractivity contribution in [3.8, 4) is 11.8 Å². The molecule has 0 spiro atoms. The van der Waals surface area contributed by atoms with Crippen LogP contribution in [0.1, 0.15) is 26.7 Å². The summed E-state index contributed by atoms with van der Waals surface area (Å²) in [5.74, 6) is 7.77. The van der Waals surface area contributed by atoms with Crippen LogP contribution in [0.15, 0.2) is 0 Å². The van der Waals surface area contributed by atoms with Crippen LogP contribution in [-0.2, 0) is 0 Å². The van der Waals surface area contributed by atoms with E-state index >= 15 is 0 Å². The zero-order chi connectivity index (χ0) is 8.10. The van der Waals surface area contributed by atoms with Crippen LogP contribution in [-0.4, -0.2) is 13.1 Å². The molecule has 1 heteroatoms. The summed E-state index contributed by atoms with van der Waals surface area (Å²) in [6, 6.07) is 0. The monoisotopic (exact) mass is 151 g/mol. The van der Waals surface area contributed by atoms with Crippen LogP contribution in [0.5, 0.6) is 0 Å². The first kappa shape index (κ1) is 8.62. The number of nitrogens with one attached hydrogen (secondary N) is 1. The summed E-state index contributed by atoms with van der Waals surface area (Å²) in [5.41, 5.74) is 0. The lowest BCUT2D eigenvalue weighted by atomic mass is 9.98. The molecule has 0 atom stereocenters. The Kier molecular flexibility index (Phi) is 3.45. The molecule has 11 heavy (non-hydrogen) atoms. The second kappa shape index (κ2) is 4.41. The normalized spacial score (nSPS) is 19.5. The maximum absolute atomic E-state index is 3.33. The van der Waals surface area contributed by atoms with Crippen LogP contribution in [0.25, 0.3) is 0 Å². The smallest absolute Gasteiger partial charge is 0.0227 e. The first-order valence-electron chi connectivity index (χ1n) is 4.51. The van der Waals surface area contributed by atoms with Crippen molar-refractivity contribution in [1.82, 2.24) is 5.32 Å². The largest absolute Gasteiger partial charge is 0.317 e. The SMILES string of the molecule is CC(C)C#CC1CCNCC1. The fraction of sp³-hybridized carbons (Fsp3) is 0.800. The quantitative estimate of drug-likeness (QED) is 0.519. The molecule has 0 aromatic carbocycles. The molecule has 0 saturated carbocycles. The number of piperidine rings is 1. The molecule has 1 saturated heterocycles. The number of hydrogen-bond acceptors (Lipinski definition) is 1. The second-order valence-electron chi connectivity index (χ2n) is 3.47. The van der Waals surface area contributed by atoms with E-state index in [9.17, 15) is 0 Å². The van der Waals surface area contributed by atoms with Crippen LogP contribution < -0.4 is 5.32 Å². The Labute approximate surface area is 69.6 Å². The molecule has 1 nitrogen and oxygen atoms in total. The van der Waals surface area contributed by atoms with E-state index in [4.69, 9.17) is 0 Å². The first-order chi connectivity index (χ1) is 5.29. The highest BCUT2D eigenvalue weighted by atomic mass is 14.9. The predicted octanol–water partition coefficient (Wildman–Crippen LogP) is 1.65. The van der Waals surface area contributed by atoms with Crippen LogP contribution in [0.4, 0.5) is 0 Å². The highest BCUT2D eigenvalue weighted by molar-refractivity contribution is 5.06. The predicted molar refractivity (Wildman–Crippen MR) is 48.2 cm³/mol. The molecular formula is C10H17N. The molecule has 1 rings (SSSR count). The average Bonchev–Trinajstić information content (AvgIpc) is 2.03. The molecule has 0 bridgehead atoms. The van der Waals surface area contributed by atoms with E-state index in [0.717, 1.165) is 13.1 Å². The maximum Gasteiger partial charge on any atom is 0.0227 e. The molecule has 0 aromatic heterocycles. The van der Waals surface area contributed by atoms with Crippen molar-refractivity contribution in [1.29, 1.82) is 0 Å². The summed E-state index contributed by atoms with van der Waals surface area (Å²) < 4.78 is 0. The molecule has 1 aliphatic rings. The Morgan fingerprint density at radius 2 is 1.91 bits per heavy atom. The van der Waals surface area contributed by atoms with Gasteiger partial charge in [-0.3, -0.25) is 0 Å². The van der Waals surface area contributed by atoms with Crippen LogP contribution in [0.2, 0.25) is 0 Å². The van der Waals surface area contributed by atoms with E-state index < -0.39 is 0 Å². The summed E-state index contributed by atoms with van der Waals surface area (Å²) in [6.45, 7) is 6.59. The van der Waals surface area contributed by atoms with Gasteiger partial charge in [0.25, 0.3) is 0 Å². The van der Waals surface area contributed by atoms with Crippen molar-refractivity contribution >= 4 is 0 Å². The van der Waals surface area contributed by atoms with Crippen molar-refractivity contribution < 1.29 is 0 Å². The minimum Gasteiger partial charge on any atom is -0.317 e. The lowest BCUT2D eigenvalue weighted by Crippen LogP contribution is -2.26. The van der Waals surface area contributed by atoms with Gasteiger partial charge in [0.15, 0.2) is 0 Å². The van der Waals surface area contributed by atoms with Crippen LogP contribution in [0, 0.1) is 23.7 Å². The Morgan fingerprint density at radius 3 is 2.45 bits per heavy atom. The Balaban J connectivity index is 2.31. The molecule has 62 valence electrons. The van der Waals surface area contributed by atoms with Crippen LogP contribution >= 0.6 is 0 Å². The van der Waals surface area contributed by atoms with Crippen molar-refractivity contribution in [3.05, 3.63) is 0 Å². The summed E-state index contributed by atoms with van der Waals surface area (Å²) >= 11 is 0. The van der Waals surface area contributed by atoms with Gasteiger partial charge in [0.2, 0.25) is 0 Å². The lowest BCUT2D eigenvalue weighted by Gasteiger charge is -2.17. The molecule has 0 unspecified atom stereocenters. The van der Waals surface area contributed by atoms with E-state index in [1.807, 2.05) is 0 Å². The highest BCUT2D eigenvalue weighted by Crippen LogP contribution is 2.09. The van der Waals surface area contributed by atoms with Crippen molar-refractivity contribution in [2.45, 2.75) is 26.7 Å². The van der Waals surface area contributed by atoms with E-state index in [-0.39, 0.29) is 0 Å². The van der Waals surface area contributed by atoms with E-state index in [1.54, 1.807) is 0 Å². The number of hydrogen-bond donors (Lipinski definition) is 1. The minimum absolute atomic E-state index is 0.532. The third-order valence-electron chi connectivity index (χ3n) is 1.92. The summed E-state index contributed by atoms with van der Waals surface area (Å²) in [5, 5.41) is 3.33. The fourth-order valence-corrected chi connectivity index (χ4v) is 1.25. The Bertz CT molecular complexity index is 155. The molecule has 1 heterocycles. The summed E-state index contributed by atoms with van der Waals surface area (Å²) in [7, 11) is 0. The molecule has 0 aliphatic carbocycles. The first-order valence-corrected chi connectivity index (χ1v) is 4.51. The zero-order valence-electron chi connectivity index (χ0n) is 7.48. The summed E-state index contributed by atoms with van der Waals surface area (Å²) in [4.78, 5) is 0. The van der Waals surface area contributed by atoms with Gasteiger partial charge in [-0.15, -0.1) is 5.92 Å². The minimum atomic E-state index is 0.532. The third-order valence-corrected chi connectivity index (χ3v) is 1.92. The maximum atomic E-state index is 3.33. The van der Waals surface area contributed by atoms with Gasteiger partial charge in [0.1, 0.15) is 0 Å². The summed E-state index contributed by atoms with van der Waals surface area (Å²) in [6.07, 6.45) is 2.47. The van der Waals surface area contributed by atoms with Gasteiger partial charge in [0.05, 0.1) is 0 Å². The molecule has 1 fully saturated rings. The van der Waals surface area contributed by atoms with Gasteiger partial charge in [-0.25, -0.2) is 0 Å². The van der Waals surface area contributed by atoms with Crippen molar-refractivity contribution in [2.75, 3.05) is 13.1 Å². The standard InChI is InChI=1S/C10H17N/c1-9(2)3-4-10-5-7-11-8-6-10/h9-11H,5-8H2,1-2H3. The lowest BCUT2D eigenvalue weighted by molar-refractivity contribution is 0.447. The van der Waals surface area contributed by atoms with Gasteiger partial charge in [0, 0.05) is 11.8 Å². The Morgan fingerprint density at radius 1 is 1.27 bits per heavy atom. The zero-order valence-corrected chi connectivity index (χ0v) is 7.48. The second-order valence-corrected chi connectivity index (χ2v) is 3.47. The highest BCUT2D eigenvalue weighted by Gasteiger charge is 2.08. The molecule has 0 radical (unpaired) electrons. The van der Waals surface area contributed by atoms with Crippen molar-refractivity contribution in [2.24, 2.45) is 11.8 Å². The molecular weight excluding hydrogens is 134 g/mol. The van der Waals surface area contributed by atoms with Gasteiger partial charge in [-0.05, 0) is 25.9 Å². The molecule has 0 aromatic rings. The third kappa shape index (κ3) is 3.43. The molecule has 0 amide bonds. The van der Waals surface area contributed by atoms with Crippen LogP contribution in [0.3, 0.4) is 0 Å². The van der Waals surface area contributed by atoms with Gasteiger partial charge < -0.3 is 5.32 Å². The van der Waals surface area contributed by atoms with Gasteiger partial charge >= 0.3 is 0 Å². The van der Waals surface area contributed by atoms with Gasteiger partial charge in [-0.1, -0.05) is 19.8 Å². The average molecular weight is 151 g/mol. The molecule has 1 N–H and O–H groups in total. The molecule has 1 aliphatic heterocycles.